The quantitative estimate of drug-likeness (QED) is 0.339. The molecule has 12 heteroatoms. The minimum Gasteiger partial charge on any atom is -0.467 e. The highest BCUT2D eigenvalue weighted by atomic mass is 16.6. The molecular formula is C29H37N9O3. The summed E-state index contributed by atoms with van der Waals surface area (Å²) >= 11 is 0. The number of anilines is 3. The molecule has 41 heavy (non-hydrogen) atoms. The molecule has 1 aromatic carbocycles. The summed E-state index contributed by atoms with van der Waals surface area (Å²) in [6.07, 6.45) is 1.54. The van der Waals surface area contributed by atoms with Crippen molar-refractivity contribution in [2.24, 2.45) is 0 Å². The number of H-pyrrole nitrogens is 1. The molecule has 4 aromatic rings. The van der Waals surface area contributed by atoms with E-state index >= 15 is 0 Å². The lowest BCUT2D eigenvalue weighted by Gasteiger charge is -2.35. The first-order valence-corrected chi connectivity index (χ1v) is 13.6. The zero-order valence-electron chi connectivity index (χ0n) is 24.4. The molecule has 1 aliphatic heterocycles. The van der Waals surface area contributed by atoms with E-state index in [2.05, 4.69) is 35.1 Å². The number of hydrogen-bond donors (Lipinski definition) is 2. The van der Waals surface area contributed by atoms with Gasteiger partial charge in [0.2, 0.25) is 5.95 Å². The van der Waals surface area contributed by atoms with Crippen LogP contribution in [0.4, 0.5) is 22.4 Å². The van der Waals surface area contributed by atoms with Crippen molar-refractivity contribution in [3.63, 3.8) is 0 Å². The number of ether oxygens (including phenoxy) is 2. The van der Waals surface area contributed by atoms with Gasteiger partial charge >= 0.3 is 12.1 Å². The van der Waals surface area contributed by atoms with E-state index in [0.717, 1.165) is 53.3 Å². The second-order valence-electron chi connectivity index (χ2n) is 11.2. The van der Waals surface area contributed by atoms with Crippen LogP contribution < -0.4 is 15.0 Å². The topological polar surface area (TPSA) is 125 Å². The van der Waals surface area contributed by atoms with Crippen LogP contribution in [-0.2, 0) is 11.3 Å². The van der Waals surface area contributed by atoms with Gasteiger partial charge in [-0.2, -0.15) is 9.97 Å². The van der Waals surface area contributed by atoms with E-state index in [4.69, 9.17) is 9.47 Å². The maximum absolute atomic E-state index is 12.4. The molecule has 4 heterocycles. The average Bonchev–Trinajstić information content (AvgIpc) is 3.33. The molecule has 0 saturated carbocycles. The lowest BCUT2D eigenvalue weighted by Crippen LogP contribution is -2.49. The van der Waals surface area contributed by atoms with Gasteiger partial charge < -0.3 is 29.6 Å². The number of hydrogen-bond acceptors (Lipinski definition) is 10. The summed E-state index contributed by atoms with van der Waals surface area (Å²) in [7, 11) is 5.42. The average molecular weight is 560 g/mol. The Morgan fingerprint density at radius 1 is 1.05 bits per heavy atom. The first kappa shape index (κ1) is 28.1. The molecule has 1 fully saturated rings. The SMILES string of the molecule is COc1nc(-c2ccc3nc(Nc4cc(CN5CCN(C(=O)OC(C)(C)C)CC5)ccn4)[nH]c3c2)cc(N(C)C)n1. The number of fused-ring (bicyclic) bond motifs is 1. The summed E-state index contributed by atoms with van der Waals surface area (Å²) in [5.74, 6) is 2.06. The molecule has 0 spiro atoms. The van der Waals surface area contributed by atoms with Gasteiger partial charge in [-0.15, -0.1) is 0 Å². The van der Waals surface area contributed by atoms with Gasteiger partial charge in [-0.05, 0) is 50.6 Å². The monoisotopic (exact) mass is 559 g/mol. The Hall–Kier alpha value is -4.45. The van der Waals surface area contributed by atoms with Crippen LogP contribution in [0, 0.1) is 0 Å². The van der Waals surface area contributed by atoms with Gasteiger partial charge in [-0.1, -0.05) is 6.07 Å². The Morgan fingerprint density at radius 3 is 2.54 bits per heavy atom. The van der Waals surface area contributed by atoms with Crippen LogP contribution in [0.3, 0.4) is 0 Å². The number of aromatic amines is 1. The lowest BCUT2D eigenvalue weighted by atomic mass is 10.1. The number of benzene rings is 1. The van der Waals surface area contributed by atoms with E-state index in [0.29, 0.717) is 30.9 Å². The number of aromatic nitrogens is 5. The number of pyridine rings is 1. The first-order valence-electron chi connectivity index (χ1n) is 13.6. The molecule has 0 atom stereocenters. The summed E-state index contributed by atoms with van der Waals surface area (Å²) < 4.78 is 10.8. The molecule has 5 rings (SSSR count). The molecule has 0 bridgehead atoms. The number of amides is 1. The van der Waals surface area contributed by atoms with Crippen LogP contribution in [0.25, 0.3) is 22.3 Å². The number of nitrogens with one attached hydrogen (secondary N) is 2. The zero-order chi connectivity index (χ0) is 29.1. The van der Waals surface area contributed by atoms with Gasteiger partial charge in [0.15, 0.2) is 0 Å². The summed E-state index contributed by atoms with van der Waals surface area (Å²) in [4.78, 5) is 39.8. The third kappa shape index (κ3) is 7.01. The van der Waals surface area contributed by atoms with E-state index < -0.39 is 5.60 Å². The Labute approximate surface area is 239 Å². The summed E-state index contributed by atoms with van der Waals surface area (Å²) in [6, 6.07) is 12.2. The fourth-order valence-electron chi connectivity index (χ4n) is 4.54. The second-order valence-corrected chi connectivity index (χ2v) is 11.2. The third-order valence-corrected chi connectivity index (χ3v) is 6.61. The molecule has 1 saturated heterocycles. The van der Waals surface area contributed by atoms with Crippen molar-refractivity contribution < 1.29 is 14.3 Å². The highest BCUT2D eigenvalue weighted by molar-refractivity contribution is 5.83. The molecular weight excluding hydrogens is 522 g/mol. The van der Waals surface area contributed by atoms with E-state index in [1.165, 1.54) is 0 Å². The van der Waals surface area contributed by atoms with Gasteiger partial charge in [0.1, 0.15) is 17.2 Å². The van der Waals surface area contributed by atoms with Crippen LogP contribution in [-0.4, -0.2) is 93.8 Å². The summed E-state index contributed by atoms with van der Waals surface area (Å²) in [5.41, 5.74) is 4.01. The molecule has 216 valence electrons. The second kappa shape index (κ2) is 11.6. The van der Waals surface area contributed by atoms with Crippen molar-refractivity contribution in [1.82, 2.24) is 34.7 Å². The molecule has 1 amide bonds. The van der Waals surface area contributed by atoms with Gasteiger partial charge in [0.25, 0.3) is 0 Å². The predicted molar refractivity (Wildman–Crippen MR) is 159 cm³/mol. The van der Waals surface area contributed by atoms with Crippen LogP contribution >= 0.6 is 0 Å². The number of nitrogens with zero attached hydrogens (tertiary/aromatic N) is 7. The highest BCUT2D eigenvalue weighted by Crippen LogP contribution is 2.27. The molecule has 0 unspecified atom stereocenters. The molecule has 12 nitrogen and oxygen atoms in total. The minimum atomic E-state index is -0.488. The van der Waals surface area contributed by atoms with E-state index in [-0.39, 0.29) is 6.09 Å². The van der Waals surface area contributed by atoms with Crippen LogP contribution in [0.15, 0.2) is 42.6 Å². The van der Waals surface area contributed by atoms with Crippen molar-refractivity contribution in [3.05, 3.63) is 48.2 Å². The Bertz CT molecular complexity index is 1520. The van der Waals surface area contributed by atoms with E-state index in [1.807, 2.05) is 76.2 Å². The van der Waals surface area contributed by atoms with Crippen LogP contribution in [0.5, 0.6) is 6.01 Å². The number of rotatable bonds is 7. The van der Waals surface area contributed by atoms with Crippen molar-refractivity contribution in [2.75, 3.05) is 57.6 Å². The molecule has 3 aromatic heterocycles. The maximum atomic E-state index is 12.4. The van der Waals surface area contributed by atoms with Gasteiger partial charge in [0, 0.05) is 64.6 Å². The Kier molecular flexibility index (Phi) is 7.93. The number of carbonyl (C=O) groups excluding carboxylic acids is 1. The maximum Gasteiger partial charge on any atom is 0.410 e. The lowest BCUT2D eigenvalue weighted by molar-refractivity contribution is 0.0139. The smallest absolute Gasteiger partial charge is 0.410 e. The predicted octanol–water partition coefficient (Wildman–Crippen LogP) is 4.29. The largest absolute Gasteiger partial charge is 0.467 e. The summed E-state index contributed by atoms with van der Waals surface area (Å²) in [6.45, 7) is 9.27. The first-order chi connectivity index (χ1) is 19.6. The van der Waals surface area contributed by atoms with Gasteiger partial charge in [-0.25, -0.2) is 14.8 Å². The third-order valence-electron chi connectivity index (χ3n) is 6.61. The number of methoxy groups -OCH3 is 1. The summed E-state index contributed by atoms with van der Waals surface area (Å²) in [5, 5.41) is 3.30. The highest BCUT2D eigenvalue weighted by Gasteiger charge is 2.26. The Balaban J connectivity index is 1.24. The van der Waals surface area contributed by atoms with Crippen LogP contribution in [0.1, 0.15) is 26.3 Å². The van der Waals surface area contributed by atoms with Gasteiger partial charge in [-0.3, -0.25) is 4.90 Å². The van der Waals surface area contributed by atoms with Crippen molar-refractivity contribution >= 4 is 34.7 Å². The van der Waals surface area contributed by atoms with E-state index in [9.17, 15) is 4.79 Å². The van der Waals surface area contributed by atoms with Gasteiger partial charge in [0.05, 0.1) is 23.8 Å². The number of piperazine rings is 1. The normalized spacial score (nSPS) is 14.2. The van der Waals surface area contributed by atoms with Crippen molar-refractivity contribution in [2.45, 2.75) is 32.9 Å². The Morgan fingerprint density at radius 2 is 1.83 bits per heavy atom. The van der Waals surface area contributed by atoms with Crippen molar-refractivity contribution in [1.29, 1.82) is 0 Å². The fraction of sp³-hybridized carbons (Fsp3) is 0.414. The van der Waals surface area contributed by atoms with E-state index in [1.54, 1.807) is 18.2 Å². The minimum absolute atomic E-state index is 0.249. The molecule has 0 aliphatic carbocycles. The zero-order valence-corrected chi connectivity index (χ0v) is 24.4. The molecule has 0 radical (unpaired) electrons. The number of carbonyl (C=O) groups is 1. The van der Waals surface area contributed by atoms with Crippen LogP contribution in [0.2, 0.25) is 0 Å². The number of imidazole rings is 1. The molecule has 2 N–H and O–H groups in total. The standard InChI is InChI=1S/C29H37N9O3/c1-29(2,3)41-28(39)38-13-11-37(12-14-38)18-19-9-10-30-24(15-19)34-26-31-21-8-7-20(16-23(21)32-26)22-17-25(36(4)5)35-27(33-22)40-6/h7-10,15-17H,11-14,18H2,1-6H3,(H2,30,31,32,34). The van der Waals surface area contributed by atoms with Crippen molar-refractivity contribution in [3.8, 4) is 17.3 Å². The fourth-order valence-corrected chi connectivity index (χ4v) is 4.54. The molecule has 1 aliphatic rings.